The van der Waals surface area contributed by atoms with Gasteiger partial charge in [-0.3, -0.25) is 14.2 Å². The third-order valence-electron chi connectivity index (χ3n) is 13.0. The molecule has 432 valence electrons. The predicted octanol–water partition coefficient (Wildman–Crippen LogP) is 18.1. The van der Waals surface area contributed by atoms with E-state index in [0.717, 1.165) is 89.9 Å². The number of phosphoric ester groups is 1. The Morgan fingerprint density at radius 2 is 0.867 bits per heavy atom. The number of unbranched alkanes of at least 4 members (excludes halogenated alkanes) is 24. The highest BCUT2D eigenvalue weighted by molar-refractivity contribution is 7.45. The lowest BCUT2D eigenvalue weighted by Crippen LogP contribution is -2.47. The molecule has 1 amide bonds. The molecule has 0 aliphatic heterocycles. The van der Waals surface area contributed by atoms with Crippen molar-refractivity contribution < 1.29 is 37.3 Å². The third-order valence-corrected chi connectivity index (χ3v) is 14.0. The largest absolute Gasteiger partial charge is 0.756 e. The van der Waals surface area contributed by atoms with Crippen molar-refractivity contribution in [3.8, 4) is 0 Å². The van der Waals surface area contributed by atoms with Crippen molar-refractivity contribution in [2.45, 2.75) is 264 Å². The van der Waals surface area contributed by atoms with E-state index in [1.54, 1.807) is 0 Å². The van der Waals surface area contributed by atoms with E-state index in [1.807, 2.05) is 33.3 Å². The molecule has 0 aromatic rings. The number of quaternary nitrogens is 1. The number of phosphoric acid groups is 1. The van der Waals surface area contributed by atoms with Crippen molar-refractivity contribution >= 4 is 19.7 Å². The van der Waals surface area contributed by atoms with E-state index in [1.165, 1.54) is 116 Å². The first kappa shape index (κ1) is 71.9. The first-order chi connectivity index (χ1) is 36.4. The predicted molar refractivity (Wildman–Crippen MR) is 321 cm³/mol. The number of allylic oxidation sites excluding steroid dienone is 15. The molecule has 0 aromatic heterocycles. The molecule has 9 nitrogen and oxygen atoms in total. The van der Waals surface area contributed by atoms with Crippen molar-refractivity contribution in [2.75, 3.05) is 40.9 Å². The van der Waals surface area contributed by atoms with Crippen LogP contribution in [0.1, 0.15) is 252 Å². The van der Waals surface area contributed by atoms with Crippen molar-refractivity contribution in [1.29, 1.82) is 0 Å². The Labute approximate surface area is 462 Å². The fraction of sp³-hybridized carbons (Fsp3) is 0.723. The van der Waals surface area contributed by atoms with Gasteiger partial charge in [-0.2, -0.15) is 0 Å². The van der Waals surface area contributed by atoms with E-state index in [9.17, 15) is 19.0 Å². The number of carbonyl (C=O) groups excluding carboxylic acids is 2. The molecular formula is C65H115N2O7P. The van der Waals surface area contributed by atoms with E-state index < -0.39 is 26.6 Å². The molecule has 3 unspecified atom stereocenters. The molecule has 0 saturated heterocycles. The van der Waals surface area contributed by atoms with Gasteiger partial charge in [-0.15, -0.1) is 0 Å². The molecular weight excluding hydrogens is 952 g/mol. The molecule has 0 bridgehead atoms. The van der Waals surface area contributed by atoms with Gasteiger partial charge < -0.3 is 28.5 Å². The van der Waals surface area contributed by atoms with E-state index in [4.69, 9.17) is 13.8 Å². The van der Waals surface area contributed by atoms with Crippen molar-refractivity contribution in [1.82, 2.24) is 5.32 Å². The SMILES string of the molecule is CC/C=C\C/C=C\C/C=C\C/C=C\C/C=C\CCCC(=O)NC(COP(=O)([O-])OCC[N+](C)(C)C)C(/C=C/CCCCCCCCCCCCC)OC(=O)CCCCCCCCCCC/C=C\C/C=C\CCCCC. The summed E-state index contributed by atoms with van der Waals surface area (Å²) in [5.74, 6) is -0.616. The van der Waals surface area contributed by atoms with Crippen LogP contribution < -0.4 is 10.2 Å². The molecule has 0 fully saturated rings. The molecule has 0 rings (SSSR count). The smallest absolute Gasteiger partial charge is 0.306 e. The fourth-order valence-electron chi connectivity index (χ4n) is 8.29. The molecule has 10 heteroatoms. The average molecular weight is 1070 g/mol. The topological polar surface area (TPSA) is 114 Å². The molecule has 0 aliphatic rings. The van der Waals surface area contributed by atoms with Crippen LogP contribution in [0.4, 0.5) is 0 Å². The van der Waals surface area contributed by atoms with Gasteiger partial charge in [-0.25, -0.2) is 0 Å². The molecule has 0 radical (unpaired) electrons. The number of nitrogens with one attached hydrogen (secondary N) is 1. The zero-order chi connectivity index (χ0) is 55.0. The van der Waals surface area contributed by atoms with Crippen LogP contribution in [0.15, 0.2) is 97.2 Å². The zero-order valence-electron chi connectivity index (χ0n) is 49.2. The summed E-state index contributed by atoms with van der Waals surface area (Å²) < 4.78 is 30.3. The lowest BCUT2D eigenvalue weighted by molar-refractivity contribution is -0.870. The van der Waals surface area contributed by atoms with E-state index in [-0.39, 0.29) is 31.3 Å². The summed E-state index contributed by atoms with van der Waals surface area (Å²) in [6.45, 7) is 6.65. The van der Waals surface area contributed by atoms with Crippen LogP contribution in [0, 0.1) is 0 Å². The minimum absolute atomic E-state index is 0.0377. The summed E-state index contributed by atoms with van der Waals surface area (Å²) in [6, 6.07) is -0.925. The van der Waals surface area contributed by atoms with Crippen LogP contribution in [-0.4, -0.2) is 69.4 Å². The minimum Gasteiger partial charge on any atom is -0.756 e. The number of hydrogen-bond acceptors (Lipinski definition) is 7. The van der Waals surface area contributed by atoms with Crippen LogP contribution in [0.25, 0.3) is 0 Å². The second-order valence-electron chi connectivity index (χ2n) is 21.5. The minimum atomic E-state index is -4.72. The van der Waals surface area contributed by atoms with Crippen LogP contribution in [0.5, 0.6) is 0 Å². The van der Waals surface area contributed by atoms with Crippen molar-refractivity contribution in [3.63, 3.8) is 0 Å². The monoisotopic (exact) mass is 1070 g/mol. The number of hydrogen-bond donors (Lipinski definition) is 1. The van der Waals surface area contributed by atoms with Gasteiger partial charge in [0, 0.05) is 12.8 Å². The highest BCUT2D eigenvalue weighted by Crippen LogP contribution is 2.38. The van der Waals surface area contributed by atoms with Crippen LogP contribution in [0.3, 0.4) is 0 Å². The Morgan fingerprint density at radius 3 is 1.33 bits per heavy atom. The summed E-state index contributed by atoms with van der Waals surface area (Å²) >= 11 is 0. The molecule has 0 spiro atoms. The molecule has 0 saturated carbocycles. The molecule has 0 heterocycles. The van der Waals surface area contributed by atoms with Gasteiger partial charge in [0.15, 0.2) is 0 Å². The van der Waals surface area contributed by atoms with Gasteiger partial charge in [0.05, 0.1) is 33.8 Å². The maximum Gasteiger partial charge on any atom is 0.306 e. The first-order valence-corrected chi connectivity index (χ1v) is 32.0. The lowest BCUT2D eigenvalue weighted by atomic mass is 10.0. The zero-order valence-corrected chi connectivity index (χ0v) is 50.1. The number of nitrogens with zero attached hydrogens (tertiary/aromatic N) is 1. The highest BCUT2D eigenvalue weighted by Gasteiger charge is 2.27. The molecule has 75 heavy (non-hydrogen) atoms. The van der Waals surface area contributed by atoms with Crippen LogP contribution in [0.2, 0.25) is 0 Å². The Balaban J connectivity index is 5.40. The summed E-state index contributed by atoms with van der Waals surface area (Å²) in [5, 5.41) is 2.99. The second-order valence-corrected chi connectivity index (χ2v) is 22.9. The van der Waals surface area contributed by atoms with Gasteiger partial charge in [0.1, 0.15) is 19.3 Å². The summed E-state index contributed by atoms with van der Waals surface area (Å²) in [5.41, 5.74) is 0. The third kappa shape index (κ3) is 55.5. The Kier molecular flexibility index (Phi) is 52.1. The first-order valence-electron chi connectivity index (χ1n) is 30.5. The van der Waals surface area contributed by atoms with Gasteiger partial charge in [0.25, 0.3) is 7.82 Å². The van der Waals surface area contributed by atoms with Gasteiger partial charge >= 0.3 is 5.97 Å². The van der Waals surface area contributed by atoms with Gasteiger partial charge in [0.2, 0.25) is 5.91 Å². The van der Waals surface area contributed by atoms with Gasteiger partial charge in [-0.05, 0) is 102 Å². The van der Waals surface area contributed by atoms with E-state index in [0.29, 0.717) is 23.9 Å². The lowest BCUT2D eigenvalue weighted by Gasteiger charge is -2.30. The molecule has 1 N–H and O–H groups in total. The summed E-state index contributed by atoms with van der Waals surface area (Å²) in [6.07, 6.45) is 72.4. The maximum absolute atomic E-state index is 13.5. The summed E-state index contributed by atoms with van der Waals surface area (Å²) in [7, 11) is 1.14. The number of likely N-dealkylation sites (N-methyl/N-ethyl adjacent to an activating group) is 1. The highest BCUT2D eigenvalue weighted by atomic mass is 31.2. The van der Waals surface area contributed by atoms with Crippen LogP contribution >= 0.6 is 7.82 Å². The number of rotatable bonds is 54. The maximum atomic E-state index is 13.5. The van der Waals surface area contributed by atoms with Gasteiger partial charge in [-0.1, -0.05) is 234 Å². The van der Waals surface area contributed by atoms with Crippen molar-refractivity contribution in [3.05, 3.63) is 97.2 Å². The normalized spacial score (nSPS) is 14.4. The number of ether oxygens (including phenoxy) is 1. The number of amides is 1. The fourth-order valence-corrected chi connectivity index (χ4v) is 9.02. The Morgan fingerprint density at radius 1 is 0.480 bits per heavy atom. The standard InChI is InChI=1S/C65H115N2O7P/c1-7-10-13-16-19-22-25-28-30-32-33-35-37-40-43-46-49-52-55-58-65(69)74-63(56-53-50-47-44-41-38-27-24-21-18-15-12-9-3)62(61-73-75(70,71)72-60-59-67(4,5)6)66-64(68)57-54-51-48-45-42-39-36-34-31-29-26-23-20-17-14-11-8-2/h11,14,19-20,22-23,28-31,36,39,45,48,53,56,62-63H,7-10,12-13,15-18,21,24-27,32-35,37-38,40-44,46-47,49-52,54-55,57-61H2,1-6H3,(H-,66,68,70,71)/b14-11-,22-19-,23-20-,30-28-,31-29-,39-36-,48-45-,56-53+. The Bertz CT molecular complexity index is 1610. The van der Waals surface area contributed by atoms with E-state index >= 15 is 0 Å². The second kappa shape index (κ2) is 54.3. The summed E-state index contributed by atoms with van der Waals surface area (Å²) in [4.78, 5) is 40.0. The van der Waals surface area contributed by atoms with Crippen LogP contribution in [-0.2, 0) is 27.9 Å². The Hall–Kier alpha value is -3.07. The average Bonchev–Trinajstić information content (AvgIpc) is 3.37. The number of carbonyl (C=O) groups is 2. The van der Waals surface area contributed by atoms with Crippen molar-refractivity contribution in [2.24, 2.45) is 0 Å². The quantitative estimate of drug-likeness (QED) is 0.0212. The number of esters is 1. The molecule has 0 aromatic carbocycles. The molecule has 0 aliphatic carbocycles. The molecule has 3 atom stereocenters. The van der Waals surface area contributed by atoms with E-state index in [2.05, 4.69) is 111 Å².